The molecule has 0 aliphatic heterocycles. The van der Waals surface area contributed by atoms with Gasteiger partial charge in [-0.15, -0.1) is 0 Å². The minimum absolute atomic E-state index is 0.166. The Morgan fingerprint density at radius 2 is 2.24 bits per heavy atom. The van der Waals surface area contributed by atoms with E-state index in [4.69, 9.17) is 16.0 Å². The van der Waals surface area contributed by atoms with Crippen molar-refractivity contribution in [3.05, 3.63) is 23.1 Å². The lowest BCUT2D eigenvalue weighted by atomic mass is 9.87. The topological polar surface area (TPSA) is 62.5 Å². The van der Waals surface area contributed by atoms with Gasteiger partial charge in [0.25, 0.3) is 5.91 Å². The molecule has 1 atom stereocenters. The third-order valence-corrected chi connectivity index (χ3v) is 2.58. The smallest absolute Gasteiger partial charge is 0.287 e. The molecular weight excluding hydrogens is 242 g/mol. The van der Waals surface area contributed by atoms with Crippen molar-refractivity contribution in [1.29, 1.82) is 0 Å². The van der Waals surface area contributed by atoms with Crippen LogP contribution >= 0.6 is 11.6 Å². The molecule has 0 aliphatic rings. The molecule has 0 aromatic carbocycles. The Morgan fingerprint density at radius 1 is 1.59 bits per heavy atom. The van der Waals surface area contributed by atoms with Gasteiger partial charge in [0, 0.05) is 6.54 Å². The molecule has 1 amide bonds. The predicted octanol–water partition coefficient (Wildman–Crippen LogP) is 2.46. The molecular formula is C12H18ClNO3. The van der Waals surface area contributed by atoms with E-state index < -0.39 is 0 Å². The molecule has 4 nitrogen and oxygen atoms in total. The highest BCUT2D eigenvalue weighted by Crippen LogP contribution is 2.21. The van der Waals surface area contributed by atoms with Crippen LogP contribution in [0.5, 0.6) is 0 Å². The number of aliphatic hydroxyl groups excluding tert-OH is 1. The summed E-state index contributed by atoms with van der Waals surface area (Å²) in [6.07, 6.45) is 0.228. The Morgan fingerprint density at radius 3 is 2.71 bits per heavy atom. The second-order valence-corrected chi connectivity index (χ2v) is 5.38. The number of halogens is 1. The van der Waals surface area contributed by atoms with Crippen LogP contribution in [-0.2, 0) is 0 Å². The minimum atomic E-state index is -0.389. The Hall–Kier alpha value is -1.00. The fourth-order valence-corrected chi connectivity index (χ4v) is 1.86. The van der Waals surface area contributed by atoms with Crippen LogP contribution in [0.25, 0.3) is 0 Å². The summed E-state index contributed by atoms with van der Waals surface area (Å²) in [4.78, 5) is 11.7. The van der Waals surface area contributed by atoms with Gasteiger partial charge >= 0.3 is 0 Å². The minimum Gasteiger partial charge on any atom is -0.440 e. The summed E-state index contributed by atoms with van der Waals surface area (Å²) in [6, 6.07) is 3.05. The van der Waals surface area contributed by atoms with Crippen LogP contribution in [0, 0.1) is 5.41 Å². The van der Waals surface area contributed by atoms with E-state index in [0.717, 1.165) is 0 Å². The zero-order chi connectivity index (χ0) is 13.1. The average Bonchev–Trinajstić information content (AvgIpc) is 2.59. The maximum Gasteiger partial charge on any atom is 0.287 e. The highest BCUT2D eigenvalue weighted by Gasteiger charge is 2.22. The van der Waals surface area contributed by atoms with Gasteiger partial charge in [-0.2, -0.15) is 0 Å². The molecule has 96 valence electrons. The van der Waals surface area contributed by atoms with Crippen LogP contribution < -0.4 is 5.32 Å². The normalized spacial score (nSPS) is 13.5. The molecule has 17 heavy (non-hydrogen) atoms. The quantitative estimate of drug-likeness (QED) is 0.854. The Kier molecular flexibility index (Phi) is 4.60. The Bertz CT molecular complexity index is 385. The first-order valence-electron chi connectivity index (χ1n) is 5.52. The van der Waals surface area contributed by atoms with E-state index in [-0.39, 0.29) is 28.4 Å². The molecule has 0 radical (unpaired) electrons. The molecule has 0 aliphatic carbocycles. The van der Waals surface area contributed by atoms with Crippen molar-refractivity contribution in [3.8, 4) is 0 Å². The van der Waals surface area contributed by atoms with Crippen LogP contribution in [0.15, 0.2) is 16.5 Å². The van der Waals surface area contributed by atoms with Crippen LogP contribution in [0.4, 0.5) is 0 Å². The number of rotatable bonds is 5. The largest absolute Gasteiger partial charge is 0.440 e. The maximum absolute atomic E-state index is 11.7. The zero-order valence-corrected chi connectivity index (χ0v) is 11.0. The van der Waals surface area contributed by atoms with E-state index in [2.05, 4.69) is 5.32 Å². The lowest BCUT2D eigenvalue weighted by Crippen LogP contribution is -2.35. The van der Waals surface area contributed by atoms with E-state index in [0.29, 0.717) is 13.0 Å². The van der Waals surface area contributed by atoms with Gasteiger partial charge in [0.15, 0.2) is 11.0 Å². The standard InChI is InChI=1S/C12H18ClNO3/c1-8(15)6-12(2,3)7-14-11(16)9-4-5-10(13)17-9/h4-5,8,15H,6-7H2,1-3H3,(H,14,16). The summed E-state index contributed by atoms with van der Waals surface area (Å²) in [5.74, 6) is -0.0987. The van der Waals surface area contributed by atoms with Gasteiger partial charge in [0.2, 0.25) is 0 Å². The summed E-state index contributed by atoms with van der Waals surface area (Å²) in [5.41, 5.74) is -0.166. The summed E-state index contributed by atoms with van der Waals surface area (Å²) in [6.45, 7) is 6.16. The SMILES string of the molecule is CC(O)CC(C)(C)CNC(=O)c1ccc(Cl)o1. The second-order valence-electron chi connectivity index (χ2n) is 5.00. The average molecular weight is 260 g/mol. The Balaban J connectivity index is 2.48. The molecule has 1 aromatic rings. The van der Waals surface area contributed by atoms with Crippen LogP contribution in [0.2, 0.25) is 5.22 Å². The highest BCUT2D eigenvalue weighted by atomic mass is 35.5. The number of aliphatic hydroxyl groups is 1. The molecule has 1 heterocycles. The summed E-state index contributed by atoms with van der Waals surface area (Å²) in [5, 5.41) is 12.3. The molecule has 1 rings (SSSR count). The van der Waals surface area contributed by atoms with Crippen molar-refractivity contribution in [2.24, 2.45) is 5.41 Å². The van der Waals surface area contributed by atoms with Crippen LogP contribution in [0.1, 0.15) is 37.7 Å². The number of nitrogens with one attached hydrogen (secondary N) is 1. The fraction of sp³-hybridized carbons (Fsp3) is 0.583. The molecule has 2 N–H and O–H groups in total. The number of hydrogen-bond acceptors (Lipinski definition) is 3. The number of furan rings is 1. The Labute approximate surface area is 106 Å². The van der Waals surface area contributed by atoms with Crippen LogP contribution in [0.3, 0.4) is 0 Å². The summed E-state index contributed by atoms with van der Waals surface area (Å²) in [7, 11) is 0. The van der Waals surface area contributed by atoms with E-state index >= 15 is 0 Å². The monoisotopic (exact) mass is 259 g/mol. The fourth-order valence-electron chi connectivity index (χ4n) is 1.71. The maximum atomic E-state index is 11.7. The molecule has 0 saturated carbocycles. The van der Waals surface area contributed by atoms with Gasteiger partial charge in [0.1, 0.15) is 0 Å². The predicted molar refractivity (Wildman–Crippen MR) is 66.1 cm³/mol. The van der Waals surface area contributed by atoms with Gasteiger partial charge in [-0.3, -0.25) is 4.79 Å². The first kappa shape index (κ1) is 14.1. The lowest BCUT2D eigenvalue weighted by molar-refractivity contribution is 0.0876. The zero-order valence-electron chi connectivity index (χ0n) is 10.3. The van der Waals surface area contributed by atoms with Crippen molar-refractivity contribution in [3.63, 3.8) is 0 Å². The number of amides is 1. The van der Waals surface area contributed by atoms with Gasteiger partial charge in [-0.1, -0.05) is 13.8 Å². The molecule has 1 unspecified atom stereocenters. The van der Waals surface area contributed by atoms with E-state index in [1.165, 1.54) is 12.1 Å². The summed E-state index contributed by atoms with van der Waals surface area (Å²) >= 11 is 5.58. The second kappa shape index (κ2) is 5.56. The third kappa shape index (κ3) is 4.79. The molecule has 0 spiro atoms. The number of hydrogen-bond donors (Lipinski definition) is 2. The molecule has 5 heteroatoms. The lowest BCUT2D eigenvalue weighted by Gasteiger charge is -2.26. The van der Waals surface area contributed by atoms with E-state index in [1.54, 1.807) is 6.92 Å². The third-order valence-electron chi connectivity index (χ3n) is 2.37. The first-order valence-corrected chi connectivity index (χ1v) is 5.89. The van der Waals surface area contributed by atoms with Gasteiger partial charge in [-0.05, 0) is 42.5 Å². The van der Waals surface area contributed by atoms with Crippen molar-refractivity contribution >= 4 is 17.5 Å². The van der Waals surface area contributed by atoms with Crippen LogP contribution in [-0.4, -0.2) is 23.7 Å². The molecule has 1 aromatic heterocycles. The van der Waals surface area contributed by atoms with Crippen molar-refractivity contribution in [2.75, 3.05) is 6.54 Å². The van der Waals surface area contributed by atoms with Gasteiger partial charge < -0.3 is 14.8 Å². The van der Waals surface area contributed by atoms with Gasteiger partial charge in [-0.25, -0.2) is 0 Å². The van der Waals surface area contributed by atoms with Crippen molar-refractivity contribution in [1.82, 2.24) is 5.32 Å². The van der Waals surface area contributed by atoms with Gasteiger partial charge in [0.05, 0.1) is 6.10 Å². The van der Waals surface area contributed by atoms with Crippen molar-refractivity contribution < 1.29 is 14.3 Å². The summed E-state index contributed by atoms with van der Waals surface area (Å²) < 4.78 is 5.00. The van der Waals surface area contributed by atoms with E-state index in [1.807, 2.05) is 13.8 Å². The molecule has 0 fully saturated rings. The first-order chi connectivity index (χ1) is 7.80. The molecule has 0 saturated heterocycles. The van der Waals surface area contributed by atoms with E-state index in [9.17, 15) is 9.90 Å². The highest BCUT2D eigenvalue weighted by molar-refractivity contribution is 6.29. The number of carbonyl (C=O) groups is 1. The van der Waals surface area contributed by atoms with Crippen molar-refractivity contribution in [2.45, 2.75) is 33.3 Å². The molecule has 0 bridgehead atoms. The number of carbonyl (C=O) groups excluding carboxylic acids is 1.